The van der Waals surface area contributed by atoms with Gasteiger partial charge in [-0.15, -0.1) is 24.0 Å². The number of ether oxygens (including phenoxy) is 2. The van der Waals surface area contributed by atoms with E-state index in [4.69, 9.17) is 9.47 Å². The maximum Gasteiger partial charge on any atom is 0.191 e. The average molecular weight is 406 g/mol. The van der Waals surface area contributed by atoms with E-state index in [2.05, 4.69) is 20.6 Å². The lowest BCUT2D eigenvalue weighted by Gasteiger charge is -2.15. The molecule has 2 heterocycles. The van der Waals surface area contributed by atoms with E-state index in [1.165, 1.54) is 0 Å². The third-order valence-corrected chi connectivity index (χ3v) is 3.04. The number of pyridine rings is 1. The van der Waals surface area contributed by atoms with Crippen LogP contribution in [0.1, 0.15) is 12.8 Å². The zero-order chi connectivity index (χ0) is 14.0. The highest BCUT2D eigenvalue weighted by Gasteiger charge is 2.15. The van der Waals surface area contributed by atoms with Gasteiger partial charge in [0.1, 0.15) is 12.4 Å². The van der Waals surface area contributed by atoms with E-state index in [1.807, 2.05) is 12.1 Å². The van der Waals surface area contributed by atoms with Gasteiger partial charge in [0.25, 0.3) is 0 Å². The van der Waals surface area contributed by atoms with Crippen LogP contribution in [0.3, 0.4) is 0 Å². The first-order valence-electron chi connectivity index (χ1n) is 6.97. The maximum atomic E-state index is 5.55. The van der Waals surface area contributed by atoms with Gasteiger partial charge in [0.15, 0.2) is 5.96 Å². The first kappa shape index (κ1) is 18.0. The Kier molecular flexibility index (Phi) is 9.07. The van der Waals surface area contributed by atoms with Crippen molar-refractivity contribution in [3.8, 4) is 5.75 Å². The summed E-state index contributed by atoms with van der Waals surface area (Å²) in [4.78, 5) is 8.16. The number of halogens is 1. The first-order chi connectivity index (χ1) is 9.88. The van der Waals surface area contributed by atoms with Crippen LogP contribution in [-0.2, 0) is 4.74 Å². The Morgan fingerprint density at radius 1 is 1.52 bits per heavy atom. The third kappa shape index (κ3) is 6.94. The summed E-state index contributed by atoms with van der Waals surface area (Å²) < 4.78 is 11.1. The Balaban J connectivity index is 0.00000220. The van der Waals surface area contributed by atoms with Crippen molar-refractivity contribution >= 4 is 29.9 Å². The molecule has 0 aliphatic carbocycles. The van der Waals surface area contributed by atoms with Crippen LogP contribution in [0, 0.1) is 0 Å². The van der Waals surface area contributed by atoms with Gasteiger partial charge in [-0.05, 0) is 25.0 Å². The van der Waals surface area contributed by atoms with Gasteiger partial charge in [0, 0.05) is 26.4 Å². The highest BCUT2D eigenvalue weighted by Crippen LogP contribution is 2.10. The Hall–Kier alpha value is -1.09. The minimum atomic E-state index is 0. The van der Waals surface area contributed by atoms with E-state index in [-0.39, 0.29) is 24.0 Å². The molecule has 2 rings (SSSR count). The topological polar surface area (TPSA) is 67.8 Å². The van der Waals surface area contributed by atoms with Crippen molar-refractivity contribution in [1.29, 1.82) is 0 Å². The average Bonchev–Trinajstić information content (AvgIpc) is 3.01. The predicted octanol–water partition coefficient (Wildman–Crippen LogP) is 1.42. The Bertz CT molecular complexity index is 411. The fourth-order valence-corrected chi connectivity index (χ4v) is 2.01. The second-order valence-electron chi connectivity index (χ2n) is 4.55. The van der Waals surface area contributed by atoms with Crippen LogP contribution < -0.4 is 15.4 Å². The van der Waals surface area contributed by atoms with Crippen LogP contribution in [0.2, 0.25) is 0 Å². The maximum absolute atomic E-state index is 5.55. The molecule has 0 saturated carbocycles. The lowest BCUT2D eigenvalue weighted by Crippen LogP contribution is -2.42. The molecule has 1 aliphatic heterocycles. The van der Waals surface area contributed by atoms with E-state index in [0.29, 0.717) is 19.3 Å². The first-order valence-corrected chi connectivity index (χ1v) is 6.97. The van der Waals surface area contributed by atoms with E-state index >= 15 is 0 Å². The van der Waals surface area contributed by atoms with Gasteiger partial charge in [-0.1, -0.05) is 0 Å². The molecule has 1 unspecified atom stereocenters. The summed E-state index contributed by atoms with van der Waals surface area (Å²) in [6.07, 6.45) is 6.00. The summed E-state index contributed by atoms with van der Waals surface area (Å²) in [5, 5.41) is 6.46. The van der Waals surface area contributed by atoms with Crippen LogP contribution in [-0.4, -0.2) is 50.4 Å². The molecule has 21 heavy (non-hydrogen) atoms. The lowest BCUT2D eigenvalue weighted by atomic mass is 10.2. The van der Waals surface area contributed by atoms with Gasteiger partial charge in [-0.2, -0.15) is 0 Å². The highest BCUT2D eigenvalue weighted by molar-refractivity contribution is 14.0. The molecule has 6 nitrogen and oxygen atoms in total. The van der Waals surface area contributed by atoms with E-state index < -0.39 is 0 Å². The predicted molar refractivity (Wildman–Crippen MR) is 93.5 cm³/mol. The quantitative estimate of drug-likeness (QED) is 0.324. The monoisotopic (exact) mass is 406 g/mol. The fourth-order valence-electron chi connectivity index (χ4n) is 2.01. The smallest absolute Gasteiger partial charge is 0.191 e. The van der Waals surface area contributed by atoms with Crippen molar-refractivity contribution in [2.75, 3.05) is 33.4 Å². The largest absolute Gasteiger partial charge is 0.490 e. The molecule has 0 radical (unpaired) electrons. The molecular formula is C14H23IN4O2. The number of guanidine groups is 1. The molecule has 1 aromatic heterocycles. The normalized spacial score (nSPS) is 18.0. The van der Waals surface area contributed by atoms with E-state index in [9.17, 15) is 0 Å². The van der Waals surface area contributed by atoms with Gasteiger partial charge < -0.3 is 20.1 Å². The van der Waals surface area contributed by atoms with Gasteiger partial charge >= 0.3 is 0 Å². The molecule has 0 aromatic carbocycles. The number of nitrogens with zero attached hydrogens (tertiary/aromatic N) is 2. The number of aromatic nitrogens is 1. The molecule has 0 bridgehead atoms. The molecule has 1 aromatic rings. The molecule has 0 amide bonds. The van der Waals surface area contributed by atoms with Crippen LogP contribution in [0.15, 0.2) is 29.5 Å². The minimum absolute atomic E-state index is 0. The number of hydrogen-bond donors (Lipinski definition) is 2. The Labute approximate surface area is 142 Å². The van der Waals surface area contributed by atoms with Gasteiger partial charge in [-0.3, -0.25) is 9.98 Å². The molecular weight excluding hydrogens is 383 g/mol. The summed E-state index contributed by atoms with van der Waals surface area (Å²) in [6, 6.07) is 3.74. The summed E-state index contributed by atoms with van der Waals surface area (Å²) in [5.41, 5.74) is 0. The molecule has 1 fully saturated rings. The molecule has 2 N–H and O–H groups in total. The van der Waals surface area contributed by atoms with Crippen molar-refractivity contribution < 1.29 is 9.47 Å². The molecule has 118 valence electrons. The Morgan fingerprint density at radius 3 is 3.10 bits per heavy atom. The third-order valence-electron chi connectivity index (χ3n) is 3.04. The second-order valence-corrected chi connectivity index (χ2v) is 4.55. The van der Waals surface area contributed by atoms with Crippen LogP contribution >= 0.6 is 24.0 Å². The van der Waals surface area contributed by atoms with Crippen LogP contribution in [0.4, 0.5) is 0 Å². The molecule has 1 saturated heterocycles. The van der Waals surface area contributed by atoms with E-state index in [0.717, 1.165) is 37.7 Å². The second kappa shape index (κ2) is 10.6. The van der Waals surface area contributed by atoms with Crippen molar-refractivity contribution in [1.82, 2.24) is 15.6 Å². The number of hydrogen-bond acceptors (Lipinski definition) is 4. The van der Waals surface area contributed by atoms with E-state index in [1.54, 1.807) is 19.4 Å². The molecule has 0 spiro atoms. The van der Waals surface area contributed by atoms with Crippen LogP contribution in [0.5, 0.6) is 5.75 Å². The Morgan fingerprint density at radius 2 is 2.43 bits per heavy atom. The summed E-state index contributed by atoms with van der Waals surface area (Å²) in [5.74, 6) is 1.55. The van der Waals surface area contributed by atoms with Gasteiger partial charge in [0.05, 0.1) is 18.8 Å². The number of nitrogens with one attached hydrogen (secondary N) is 2. The van der Waals surface area contributed by atoms with Crippen molar-refractivity contribution in [2.45, 2.75) is 18.9 Å². The van der Waals surface area contributed by atoms with Crippen molar-refractivity contribution in [2.24, 2.45) is 4.99 Å². The zero-order valence-electron chi connectivity index (χ0n) is 12.2. The van der Waals surface area contributed by atoms with Gasteiger partial charge in [-0.25, -0.2) is 0 Å². The van der Waals surface area contributed by atoms with Crippen LogP contribution in [0.25, 0.3) is 0 Å². The lowest BCUT2D eigenvalue weighted by molar-refractivity contribution is 0.114. The molecule has 1 atom stereocenters. The van der Waals surface area contributed by atoms with Crippen molar-refractivity contribution in [3.63, 3.8) is 0 Å². The minimum Gasteiger partial charge on any atom is -0.490 e. The number of rotatable bonds is 6. The molecule has 1 aliphatic rings. The fraction of sp³-hybridized carbons (Fsp3) is 0.571. The summed E-state index contributed by atoms with van der Waals surface area (Å²) in [7, 11) is 1.76. The summed E-state index contributed by atoms with van der Waals surface area (Å²) in [6.45, 7) is 2.91. The number of aliphatic imine (C=N–C) groups is 1. The highest BCUT2D eigenvalue weighted by atomic mass is 127. The zero-order valence-corrected chi connectivity index (χ0v) is 14.6. The standard InChI is InChI=1S/C14H22N4O2.HI/c1-15-14(18-11-13-5-3-8-19-13)17-7-9-20-12-4-2-6-16-10-12;/h2,4,6,10,13H,3,5,7-9,11H2,1H3,(H2,15,17,18);1H. The summed E-state index contributed by atoms with van der Waals surface area (Å²) >= 11 is 0. The van der Waals surface area contributed by atoms with Gasteiger partial charge in [0.2, 0.25) is 0 Å². The van der Waals surface area contributed by atoms with Crippen molar-refractivity contribution in [3.05, 3.63) is 24.5 Å². The SMILES string of the molecule is CN=C(NCCOc1cccnc1)NCC1CCCO1.I. The molecule has 7 heteroatoms.